The second-order valence-electron chi connectivity index (χ2n) is 4.01. The molecule has 98 valence electrons. The van der Waals surface area contributed by atoms with Crippen molar-refractivity contribution in [2.45, 2.75) is 31.9 Å². The van der Waals surface area contributed by atoms with Gasteiger partial charge in [0.1, 0.15) is 5.75 Å². The molecule has 1 aromatic rings. The molecule has 1 N–H and O–H groups in total. The second kappa shape index (κ2) is 6.70. The molecule has 0 amide bonds. The van der Waals surface area contributed by atoms with Gasteiger partial charge >= 0.3 is 0 Å². The molecule has 0 aliphatic rings. The van der Waals surface area contributed by atoms with Crippen LogP contribution in [-0.4, -0.2) is 38.0 Å². The van der Waals surface area contributed by atoms with E-state index < -0.39 is 9.84 Å². The van der Waals surface area contributed by atoms with Gasteiger partial charge in [-0.25, -0.2) is 8.42 Å². The van der Waals surface area contributed by atoms with Crippen LogP contribution in [0.3, 0.4) is 0 Å². The van der Waals surface area contributed by atoms with Crippen LogP contribution in [0.15, 0.2) is 4.42 Å². The maximum Gasteiger partial charge on any atom is 0.231 e. The largest absolute Gasteiger partial charge is 0.424 e. The molecule has 1 aromatic heterocycles. The van der Waals surface area contributed by atoms with Gasteiger partial charge in [-0.2, -0.15) is 0 Å². The Morgan fingerprint density at radius 1 is 1.24 bits per heavy atom. The highest BCUT2D eigenvalue weighted by Gasteiger charge is 2.11. The van der Waals surface area contributed by atoms with E-state index in [0.717, 1.165) is 32.2 Å². The topological polar surface area (TPSA) is 85.1 Å². The van der Waals surface area contributed by atoms with Gasteiger partial charge in [0.2, 0.25) is 11.8 Å². The van der Waals surface area contributed by atoms with Crippen molar-refractivity contribution in [3.63, 3.8) is 0 Å². The molecule has 0 aliphatic heterocycles. The van der Waals surface area contributed by atoms with Crippen LogP contribution in [0.2, 0.25) is 0 Å². The third kappa shape index (κ3) is 6.38. The number of sulfone groups is 1. The van der Waals surface area contributed by atoms with Crippen LogP contribution in [0.5, 0.6) is 0 Å². The molecule has 1 heterocycles. The van der Waals surface area contributed by atoms with Crippen molar-refractivity contribution in [3.05, 3.63) is 11.8 Å². The number of hydrogen-bond acceptors (Lipinski definition) is 6. The first-order valence-electron chi connectivity index (χ1n) is 5.71. The lowest BCUT2D eigenvalue weighted by Gasteiger charge is -1.99. The third-order valence-electron chi connectivity index (χ3n) is 2.07. The molecular formula is C10H19N3O3S. The highest BCUT2D eigenvalue weighted by molar-refractivity contribution is 7.89. The standard InChI is InChI=1S/C10H19N3O3S/c1-3-6-11-7-4-5-9-12-13-10(16-9)8-17(2,14)15/h11H,3-8H2,1-2H3. The normalized spacial score (nSPS) is 11.9. The molecule has 0 saturated carbocycles. The fourth-order valence-corrected chi connectivity index (χ4v) is 1.90. The maximum atomic E-state index is 11.0. The summed E-state index contributed by atoms with van der Waals surface area (Å²) >= 11 is 0. The highest BCUT2D eigenvalue weighted by Crippen LogP contribution is 2.05. The minimum absolute atomic E-state index is 0.170. The summed E-state index contributed by atoms with van der Waals surface area (Å²) in [4.78, 5) is 0. The van der Waals surface area contributed by atoms with E-state index in [2.05, 4.69) is 22.4 Å². The number of aromatic nitrogens is 2. The summed E-state index contributed by atoms with van der Waals surface area (Å²) in [7, 11) is -3.10. The monoisotopic (exact) mass is 261 g/mol. The van der Waals surface area contributed by atoms with Gasteiger partial charge in [-0.3, -0.25) is 0 Å². The Hall–Kier alpha value is -0.950. The molecule has 0 aromatic carbocycles. The van der Waals surface area contributed by atoms with Crippen LogP contribution >= 0.6 is 0 Å². The van der Waals surface area contributed by atoms with E-state index in [1.807, 2.05) is 0 Å². The van der Waals surface area contributed by atoms with Crippen LogP contribution in [-0.2, 0) is 22.0 Å². The van der Waals surface area contributed by atoms with E-state index in [9.17, 15) is 8.42 Å². The van der Waals surface area contributed by atoms with Crippen molar-refractivity contribution in [1.29, 1.82) is 0 Å². The lowest BCUT2D eigenvalue weighted by atomic mass is 10.3. The van der Waals surface area contributed by atoms with E-state index in [0.29, 0.717) is 12.3 Å². The zero-order valence-electron chi connectivity index (χ0n) is 10.3. The van der Waals surface area contributed by atoms with E-state index in [1.165, 1.54) is 0 Å². The summed E-state index contributed by atoms with van der Waals surface area (Å²) in [5, 5.41) is 10.8. The number of hydrogen-bond donors (Lipinski definition) is 1. The van der Waals surface area contributed by atoms with Crippen molar-refractivity contribution in [2.75, 3.05) is 19.3 Å². The molecule has 0 spiro atoms. The summed E-state index contributed by atoms with van der Waals surface area (Å²) < 4.78 is 27.2. The number of aryl methyl sites for hydroxylation is 1. The molecule has 0 bridgehead atoms. The van der Waals surface area contributed by atoms with Gasteiger partial charge in [-0.15, -0.1) is 10.2 Å². The van der Waals surface area contributed by atoms with Crippen LogP contribution in [0.1, 0.15) is 31.5 Å². The average Bonchev–Trinajstić information content (AvgIpc) is 2.63. The Bertz CT molecular complexity index is 428. The van der Waals surface area contributed by atoms with Gasteiger partial charge in [0.25, 0.3) is 0 Å². The molecule has 7 heteroatoms. The first-order chi connectivity index (χ1) is 8.01. The first-order valence-corrected chi connectivity index (χ1v) is 7.77. The minimum atomic E-state index is -3.10. The smallest absolute Gasteiger partial charge is 0.231 e. The molecule has 0 radical (unpaired) electrons. The van der Waals surface area contributed by atoms with Crippen molar-refractivity contribution in [3.8, 4) is 0 Å². The quantitative estimate of drug-likeness (QED) is 0.688. The fourth-order valence-electron chi connectivity index (χ4n) is 1.34. The summed E-state index contributed by atoms with van der Waals surface area (Å²) in [6.45, 7) is 4.02. The Balaban J connectivity index is 2.31. The summed E-state index contributed by atoms with van der Waals surface area (Å²) in [5.74, 6) is 0.486. The lowest BCUT2D eigenvalue weighted by Crippen LogP contribution is -2.16. The van der Waals surface area contributed by atoms with Gasteiger partial charge in [0.05, 0.1) is 0 Å². The Kier molecular flexibility index (Phi) is 5.57. The molecule has 0 aliphatic carbocycles. The average molecular weight is 261 g/mol. The number of nitrogens with one attached hydrogen (secondary N) is 1. The van der Waals surface area contributed by atoms with Gasteiger partial charge in [0.15, 0.2) is 9.84 Å². The van der Waals surface area contributed by atoms with Gasteiger partial charge < -0.3 is 9.73 Å². The van der Waals surface area contributed by atoms with E-state index in [1.54, 1.807) is 0 Å². The van der Waals surface area contributed by atoms with E-state index >= 15 is 0 Å². The first kappa shape index (κ1) is 14.1. The second-order valence-corrected chi connectivity index (χ2v) is 6.15. The Labute approximate surface area is 102 Å². The van der Waals surface area contributed by atoms with Crippen molar-refractivity contribution in [1.82, 2.24) is 15.5 Å². The summed E-state index contributed by atoms with van der Waals surface area (Å²) in [6.07, 6.45) is 3.83. The van der Waals surface area contributed by atoms with E-state index in [4.69, 9.17) is 4.42 Å². The molecule has 0 atom stereocenters. The van der Waals surface area contributed by atoms with Gasteiger partial charge in [-0.05, 0) is 25.9 Å². The third-order valence-corrected chi connectivity index (χ3v) is 2.84. The predicted molar refractivity (Wildman–Crippen MR) is 64.3 cm³/mol. The Morgan fingerprint density at radius 3 is 2.59 bits per heavy atom. The number of nitrogens with zero attached hydrogens (tertiary/aromatic N) is 2. The fraction of sp³-hybridized carbons (Fsp3) is 0.800. The van der Waals surface area contributed by atoms with Crippen LogP contribution in [0.25, 0.3) is 0 Å². The molecule has 0 unspecified atom stereocenters. The SMILES string of the molecule is CCCNCCCc1nnc(CS(C)(=O)=O)o1. The zero-order chi connectivity index (χ0) is 12.7. The number of rotatable bonds is 8. The molecule has 1 rings (SSSR count). The van der Waals surface area contributed by atoms with Crippen molar-refractivity contribution < 1.29 is 12.8 Å². The highest BCUT2D eigenvalue weighted by atomic mass is 32.2. The summed E-state index contributed by atoms with van der Waals surface area (Å²) in [5.41, 5.74) is 0. The van der Waals surface area contributed by atoms with Crippen molar-refractivity contribution in [2.24, 2.45) is 0 Å². The maximum absolute atomic E-state index is 11.0. The van der Waals surface area contributed by atoms with Crippen LogP contribution in [0.4, 0.5) is 0 Å². The zero-order valence-corrected chi connectivity index (χ0v) is 11.1. The lowest BCUT2D eigenvalue weighted by molar-refractivity contribution is 0.452. The molecule has 0 saturated heterocycles. The molecular weight excluding hydrogens is 242 g/mol. The predicted octanol–water partition coefficient (Wildman–Crippen LogP) is 0.546. The molecule has 0 fully saturated rings. The van der Waals surface area contributed by atoms with Crippen LogP contribution < -0.4 is 5.32 Å². The Morgan fingerprint density at radius 2 is 1.94 bits per heavy atom. The molecule has 17 heavy (non-hydrogen) atoms. The van der Waals surface area contributed by atoms with E-state index in [-0.39, 0.29) is 11.6 Å². The van der Waals surface area contributed by atoms with Crippen LogP contribution in [0, 0.1) is 0 Å². The van der Waals surface area contributed by atoms with Gasteiger partial charge in [0, 0.05) is 12.7 Å². The molecule has 6 nitrogen and oxygen atoms in total. The summed E-state index contributed by atoms with van der Waals surface area (Å²) in [6, 6.07) is 0. The minimum Gasteiger partial charge on any atom is -0.424 e. The van der Waals surface area contributed by atoms with Crippen molar-refractivity contribution >= 4 is 9.84 Å². The van der Waals surface area contributed by atoms with Gasteiger partial charge in [-0.1, -0.05) is 6.92 Å².